The second-order valence-corrected chi connectivity index (χ2v) is 8.81. The molecule has 1 saturated carbocycles. The van der Waals surface area contributed by atoms with Crippen LogP contribution in [-0.4, -0.2) is 21.2 Å². The lowest BCUT2D eigenvalue weighted by Crippen LogP contribution is -2.65. The third-order valence-electron chi connectivity index (χ3n) is 6.84. The van der Waals surface area contributed by atoms with Crippen molar-refractivity contribution in [2.45, 2.75) is 70.4 Å². The quantitative estimate of drug-likeness (QED) is 0.767. The maximum Gasteiger partial charge on any atom is 0.133 e. The molecule has 0 radical (unpaired) electrons. The minimum absolute atomic E-state index is 0.243. The van der Waals surface area contributed by atoms with Crippen molar-refractivity contribution < 1.29 is 9.50 Å². The Balaban J connectivity index is 1.97. The molecule has 138 valence electrons. The first-order chi connectivity index (χ1) is 12.1. The summed E-state index contributed by atoms with van der Waals surface area (Å²) in [5.41, 5.74) is 3.33. The van der Waals surface area contributed by atoms with Gasteiger partial charge in [0.15, 0.2) is 0 Å². The van der Waals surface area contributed by atoms with Gasteiger partial charge in [-0.1, -0.05) is 6.92 Å². The second kappa shape index (κ2) is 5.29. The number of aryl methyl sites for hydroxylation is 2. The highest BCUT2D eigenvalue weighted by Gasteiger charge is 2.62. The van der Waals surface area contributed by atoms with Crippen LogP contribution in [0.2, 0.25) is 0 Å². The van der Waals surface area contributed by atoms with Gasteiger partial charge in [-0.05, 0) is 81.8 Å². The number of aromatic nitrogens is 1. The lowest BCUT2D eigenvalue weighted by Gasteiger charge is -2.55. The van der Waals surface area contributed by atoms with Gasteiger partial charge >= 0.3 is 0 Å². The van der Waals surface area contributed by atoms with Crippen molar-refractivity contribution in [3.05, 3.63) is 47.0 Å². The van der Waals surface area contributed by atoms with Crippen LogP contribution in [0, 0.1) is 19.7 Å². The number of benzene rings is 1. The van der Waals surface area contributed by atoms with Crippen LogP contribution in [0.5, 0.6) is 0 Å². The van der Waals surface area contributed by atoms with Crippen molar-refractivity contribution in [1.82, 2.24) is 4.98 Å². The van der Waals surface area contributed by atoms with Gasteiger partial charge in [-0.15, -0.1) is 0 Å². The van der Waals surface area contributed by atoms with Gasteiger partial charge < -0.3 is 10.4 Å². The number of halogens is 1. The summed E-state index contributed by atoms with van der Waals surface area (Å²) < 4.78 is 15.1. The standard InChI is InChI=1S/C22H27FN2O/c1-13-12-24-14(2)9-15(13)16-10-17-19(11-18(16)23)25-20(3,4)22(26)8-6-7-21(17,22)5/h9-12,25-26H,6-8H2,1-5H3. The van der Waals surface area contributed by atoms with Gasteiger partial charge in [0.05, 0.1) is 11.1 Å². The largest absolute Gasteiger partial charge is 0.387 e. The zero-order valence-corrected chi connectivity index (χ0v) is 16.2. The zero-order chi connectivity index (χ0) is 18.9. The van der Waals surface area contributed by atoms with Crippen LogP contribution in [0.15, 0.2) is 24.4 Å². The topological polar surface area (TPSA) is 45.1 Å². The van der Waals surface area contributed by atoms with Crippen molar-refractivity contribution in [2.24, 2.45) is 0 Å². The van der Waals surface area contributed by atoms with E-state index in [2.05, 4.69) is 17.2 Å². The molecule has 2 N–H and O–H groups in total. The molecule has 1 aromatic carbocycles. The van der Waals surface area contributed by atoms with Crippen LogP contribution < -0.4 is 5.32 Å². The van der Waals surface area contributed by atoms with E-state index in [9.17, 15) is 5.11 Å². The Morgan fingerprint density at radius 1 is 1.08 bits per heavy atom. The molecule has 1 aliphatic heterocycles. The molecule has 2 aliphatic rings. The van der Waals surface area contributed by atoms with E-state index in [1.54, 1.807) is 12.3 Å². The average molecular weight is 354 g/mol. The fourth-order valence-corrected chi connectivity index (χ4v) is 5.24. The minimum Gasteiger partial charge on any atom is -0.387 e. The first-order valence-corrected chi connectivity index (χ1v) is 9.37. The summed E-state index contributed by atoms with van der Waals surface area (Å²) in [5, 5.41) is 15.0. The van der Waals surface area contributed by atoms with Gasteiger partial charge in [0.2, 0.25) is 0 Å². The van der Waals surface area contributed by atoms with Gasteiger partial charge in [0, 0.05) is 28.6 Å². The molecular weight excluding hydrogens is 327 g/mol. The highest BCUT2D eigenvalue weighted by atomic mass is 19.1. The van der Waals surface area contributed by atoms with Gasteiger partial charge in [-0.2, -0.15) is 0 Å². The monoisotopic (exact) mass is 354 g/mol. The first kappa shape index (κ1) is 17.5. The fourth-order valence-electron chi connectivity index (χ4n) is 5.24. The molecule has 0 saturated heterocycles. The molecule has 2 atom stereocenters. The molecule has 2 unspecified atom stereocenters. The second-order valence-electron chi connectivity index (χ2n) is 8.81. The van der Waals surface area contributed by atoms with Crippen molar-refractivity contribution in [2.75, 3.05) is 5.32 Å². The first-order valence-electron chi connectivity index (χ1n) is 9.37. The summed E-state index contributed by atoms with van der Waals surface area (Å²) in [5.74, 6) is -0.243. The maximum absolute atomic E-state index is 15.1. The normalized spacial score (nSPS) is 29.0. The van der Waals surface area contributed by atoms with Crippen LogP contribution in [0.3, 0.4) is 0 Å². The van der Waals surface area contributed by atoms with Crippen LogP contribution in [0.1, 0.15) is 56.9 Å². The lowest BCUT2D eigenvalue weighted by atomic mass is 9.60. The molecule has 3 nitrogen and oxygen atoms in total. The Kier molecular flexibility index (Phi) is 3.55. The number of aliphatic hydroxyl groups is 1. The average Bonchev–Trinajstić information content (AvgIpc) is 2.87. The van der Waals surface area contributed by atoms with E-state index in [4.69, 9.17) is 0 Å². The summed E-state index contributed by atoms with van der Waals surface area (Å²) in [7, 11) is 0. The predicted molar refractivity (Wildman–Crippen MR) is 103 cm³/mol. The Labute approximate surface area is 154 Å². The summed E-state index contributed by atoms with van der Waals surface area (Å²) in [4.78, 5) is 4.30. The van der Waals surface area contributed by atoms with Gasteiger partial charge in [-0.3, -0.25) is 4.98 Å². The van der Waals surface area contributed by atoms with Gasteiger partial charge in [0.25, 0.3) is 0 Å². The fraction of sp³-hybridized carbons (Fsp3) is 0.500. The summed E-state index contributed by atoms with van der Waals surface area (Å²) in [6, 6.07) is 5.49. The molecular formula is C22H27FN2O. The van der Waals surface area contributed by atoms with E-state index in [1.807, 2.05) is 39.8 Å². The number of rotatable bonds is 1. The van der Waals surface area contributed by atoms with Crippen molar-refractivity contribution >= 4 is 5.69 Å². The zero-order valence-electron chi connectivity index (χ0n) is 16.2. The van der Waals surface area contributed by atoms with E-state index in [-0.39, 0.29) is 5.82 Å². The molecule has 1 aromatic heterocycles. The van der Waals surface area contributed by atoms with Gasteiger partial charge in [-0.25, -0.2) is 4.39 Å². The minimum atomic E-state index is -0.856. The summed E-state index contributed by atoms with van der Waals surface area (Å²) >= 11 is 0. The van der Waals surface area contributed by atoms with Crippen molar-refractivity contribution in [3.8, 4) is 11.1 Å². The molecule has 2 aromatic rings. The highest BCUT2D eigenvalue weighted by Crippen LogP contribution is 2.59. The van der Waals surface area contributed by atoms with E-state index >= 15 is 4.39 Å². The molecule has 0 amide bonds. The highest BCUT2D eigenvalue weighted by molar-refractivity contribution is 5.75. The SMILES string of the molecule is Cc1cc(-c2cc3c(cc2F)NC(C)(C)C2(O)CCCC32C)c(C)cn1. The Hall–Kier alpha value is -1.94. The number of nitrogens with zero attached hydrogens (tertiary/aromatic N) is 1. The number of anilines is 1. The van der Waals surface area contributed by atoms with Crippen molar-refractivity contribution in [1.29, 1.82) is 0 Å². The number of pyridine rings is 1. The Morgan fingerprint density at radius 2 is 1.81 bits per heavy atom. The molecule has 4 rings (SSSR count). The lowest BCUT2D eigenvalue weighted by molar-refractivity contribution is -0.0628. The number of fused-ring (bicyclic) bond motifs is 3. The third kappa shape index (κ3) is 2.11. The number of nitrogens with one attached hydrogen (secondary N) is 1. The number of hydrogen-bond acceptors (Lipinski definition) is 3. The molecule has 4 heteroatoms. The van der Waals surface area contributed by atoms with E-state index < -0.39 is 16.6 Å². The van der Waals surface area contributed by atoms with Gasteiger partial charge in [0.1, 0.15) is 5.82 Å². The molecule has 0 bridgehead atoms. The third-order valence-corrected chi connectivity index (χ3v) is 6.84. The van der Waals surface area contributed by atoms with E-state index in [0.717, 1.165) is 47.3 Å². The smallest absolute Gasteiger partial charge is 0.133 e. The number of hydrogen-bond donors (Lipinski definition) is 2. The predicted octanol–water partition coefficient (Wildman–Crippen LogP) is 4.88. The molecule has 0 spiro atoms. The Morgan fingerprint density at radius 3 is 2.54 bits per heavy atom. The van der Waals surface area contributed by atoms with E-state index in [1.165, 1.54) is 0 Å². The van der Waals surface area contributed by atoms with Crippen LogP contribution in [0.25, 0.3) is 11.1 Å². The van der Waals surface area contributed by atoms with Crippen LogP contribution >= 0.6 is 0 Å². The van der Waals surface area contributed by atoms with Crippen molar-refractivity contribution in [3.63, 3.8) is 0 Å². The maximum atomic E-state index is 15.1. The van der Waals surface area contributed by atoms with Crippen LogP contribution in [0.4, 0.5) is 10.1 Å². The molecule has 1 fully saturated rings. The molecule has 26 heavy (non-hydrogen) atoms. The summed E-state index contributed by atoms with van der Waals surface area (Å²) in [6.45, 7) is 10.0. The van der Waals surface area contributed by atoms with Crippen LogP contribution in [-0.2, 0) is 5.41 Å². The Bertz CT molecular complexity index is 907. The summed E-state index contributed by atoms with van der Waals surface area (Å²) in [6.07, 6.45) is 4.42. The molecule has 2 heterocycles. The molecule has 1 aliphatic carbocycles. The van der Waals surface area contributed by atoms with E-state index in [0.29, 0.717) is 5.56 Å².